The summed E-state index contributed by atoms with van der Waals surface area (Å²) in [5.74, 6) is 0.522. The number of rotatable bonds is 2. The van der Waals surface area contributed by atoms with Gasteiger partial charge in [0.2, 0.25) is 0 Å². The Kier molecular flexibility index (Phi) is 3.97. The second kappa shape index (κ2) is 5.87. The van der Waals surface area contributed by atoms with E-state index in [2.05, 4.69) is 6.07 Å². The van der Waals surface area contributed by atoms with Crippen molar-refractivity contribution in [2.45, 2.75) is 51.0 Å². The van der Waals surface area contributed by atoms with Crippen LogP contribution in [0.25, 0.3) is 0 Å². The third-order valence-electron chi connectivity index (χ3n) is 4.47. The van der Waals surface area contributed by atoms with Crippen LogP contribution >= 0.6 is 0 Å². The minimum Gasteiger partial charge on any atom is -0.378 e. The topological polar surface area (TPSA) is 26.3 Å². The lowest BCUT2D eigenvalue weighted by Crippen LogP contribution is -2.26. The molecule has 0 amide bonds. The van der Waals surface area contributed by atoms with Crippen LogP contribution in [0.2, 0.25) is 0 Å². The molecule has 2 heteroatoms. The molecule has 2 atom stereocenters. The van der Waals surface area contributed by atoms with Crippen LogP contribution in [0, 0.1) is 5.92 Å². The lowest BCUT2D eigenvalue weighted by Gasteiger charge is -2.26. The van der Waals surface area contributed by atoms with E-state index in [1.54, 1.807) is 0 Å². The molecule has 0 bridgehead atoms. The van der Waals surface area contributed by atoms with E-state index in [0.717, 1.165) is 44.3 Å². The molecule has 1 aliphatic heterocycles. The number of hydrogen-bond acceptors (Lipinski definition) is 2. The molecule has 1 heterocycles. The number of carbonyl (C=O) groups is 1. The minimum absolute atomic E-state index is 0.173. The molecule has 2 aliphatic rings. The molecule has 3 rings (SSSR count). The van der Waals surface area contributed by atoms with Crippen LogP contribution in [0.5, 0.6) is 0 Å². The zero-order valence-electron chi connectivity index (χ0n) is 11.4. The average Bonchev–Trinajstić information content (AvgIpc) is 2.61. The van der Waals surface area contributed by atoms with Crippen molar-refractivity contribution in [3.8, 4) is 0 Å². The molecule has 1 aromatic carbocycles. The second-order valence-electron chi connectivity index (χ2n) is 5.83. The first-order valence-electron chi connectivity index (χ1n) is 7.58. The predicted octanol–water partition coefficient (Wildman–Crippen LogP) is 3.78. The fourth-order valence-corrected chi connectivity index (χ4v) is 3.40. The molecule has 19 heavy (non-hydrogen) atoms. The summed E-state index contributed by atoms with van der Waals surface area (Å²) in [4.78, 5) is 12.7. The number of aryl methyl sites for hydroxylation is 1. The first kappa shape index (κ1) is 12.9. The maximum Gasteiger partial charge on any atom is 0.166 e. The summed E-state index contributed by atoms with van der Waals surface area (Å²) in [6.45, 7) is 0.877. The van der Waals surface area contributed by atoms with E-state index in [-0.39, 0.29) is 5.92 Å². The molecule has 0 N–H and O–H groups in total. The SMILES string of the molecule is O=C1c2ccccc2CCCC1CC1CCCCO1. The van der Waals surface area contributed by atoms with Crippen LogP contribution in [0.15, 0.2) is 24.3 Å². The number of carbonyl (C=O) groups excluding carboxylic acids is 1. The van der Waals surface area contributed by atoms with Crippen molar-refractivity contribution in [3.63, 3.8) is 0 Å². The lowest BCUT2D eigenvalue weighted by atomic mass is 9.88. The average molecular weight is 258 g/mol. The molecule has 1 aromatic rings. The van der Waals surface area contributed by atoms with Crippen molar-refractivity contribution in [1.29, 1.82) is 0 Å². The van der Waals surface area contributed by atoms with Gasteiger partial charge in [0.25, 0.3) is 0 Å². The highest BCUT2D eigenvalue weighted by atomic mass is 16.5. The Balaban J connectivity index is 1.74. The molecule has 1 fully saturated rings. The van der Waals surface area contributed by atoms with Gasteiger partial charge in [0, 0.05) is 18.1 Å². The van der Waals surface area contributed by atoms with E-state index >= 15 is 0 Å². The monoisotopic (exact) mass is 258 g/mol. The highest BCUT2D eigenvalue weighted by molar-refractivity contribution is 5.99. The van der Waals surface area contributed by atoms with Gasteiger partial charge in [-0.25, -0.2) is 0 Å². The van der Waals surface area contributed by atoms with Crippen molar-refractivity contribution in [2.24, 2.45) is 5.92 Å². The van der Waals surface area contributed by atoms with Gasteiger partial charge in [0.1, 0.15) is 0 Å². The predicted molar refractivity (Wildman–Crippen MR) is 75.4 cm³/mol. The van der Waals surface area contributed by atoms with Gasteiger partial charge in [-0.1, -0.05) is 24.3 Å². The van der Waals surface area contributed by atoms with E-state index in [4.69, 9.17) is 4.74 Å². The summed E-state index contributed by atoms with van der Waals surface area (Å²) in [6.07, 6.45) is 7.99. The molecule has 1 aliphatic carbocycles. The maximum absolute atomic E-state index is 12.7. The Labute approximate surface area is 115 Å². The molecule has 0 aromatic heterocycles. The quantitative estimate of drug-likeness (QED) is 0.755. The van der Waals surface area contributed by atoms with Crippen LogP contribution in [0.1, 0.15) is 54.4 Å². The molecular weight excluding hydrogens is 236 g/mol. The molecule has 0 radical (unpaired) electrons. The smallest absolute Gasteiger partial charge is 0.166 e. The number of fused-ring (bicyclic) bond motifs is 1. The Morgan fingerprint density at radius 3 is 2.84 bits per heavy atom. The molecule has 102 valence electrons. The standard InChI is InChI=1S/C17H22O2/c18-17-14(12-15-9-3-4-11-19-15)8-5-7-13-6-1-2-10-16(13)17/h1-2,6,10,14-15H,3-5,7-9,11-12H2. The summed E-state index contributed by atoms with van der Waals surface area (Å²) in [5.41, 5.74) is 2.19. The van der Waals surface area contributed by atoms with Gasteiger partial charge in [-0.3, -0.25) is 4.79 Å². The second-order valence-corrected chi connectivity index (χ2v) is 5.83. The van der Waals surface area contributed by atoms with Crippen molar-refractivity contribution < 1.29 is 9.53 Å². The summed E-state index contributed by atoms with van der Waals surface area (Å²) < 4.78 is 5.81. The van der Waals surface area contributed by atoms with Crippen molar-refractivity contribution >= 4 is 5.78 Å². The fraction of sp³-hybridized carbons (Fsp3) is 0.588. The van der Waals surface area contributed by atoms with Gasteiger partial charge >= 0.3 is 0 Å². The van der Waals surface area contributed by atoms with Gasteiger partial charge in [0.15, 0.2) is 5.78 Å². The number of hydrogen-bond donors (Lipinski definition) is 0. The molecule has 2 nitrogen and oxygen atoms in total. The minimum atomic E-state index is 0.173. The Hall–Kier alpha value is -1.15. The Morgan fingerprint density at radius 2 is 2.00 bits per heavy atom. The van der Waals surface area contributed by atoms with E-state index in [0.29, 0.717) is 11.9 Å². The van der Waals surface area contributed by atoms with Gasteiger partial charge in [-0.05, 0) is 50.5 Å². The molecule has 0 saturated carbocycles. The lowest BCUT2D eigenvalue weighted by molar-refractivity contribution is 0.00178. The van der Waals surface area contributed by atoms with Crippen molar-refractivity contribution in [3.05, 3.63) is 35.4 Å². The number of ether oxygens (including phenoxy) is 1. The summed E-state index contributed by atoms with van der Waals surface area (Å²) in [7, 11) is 0. The number of ketones is 1. The number of Topliss-reactive ketones (excluding diaryl/α,β-unsaturated/α-hetero) is 1. The third kappa shape index (κ3) is 2.89. The summed E-state index contributed by atoms with van der Waals surface area (Å²) in [5, 5.41) is 0. The van der Waals surface area contributed by atoms with Crippen LogP contribution in [-0.4, -0.2) is 18.5 Å². The van der Waals surface area contributed by atoms with Crippen molar-refractivity contribution in [2.75, 3.05) is 6.61 Å². The van der Waals surface area contributed by atoms with Gasteiger partial charge < -0.3 is 4.74 Å². The zero-order chi connectivity index (χ0) is 13.1. The fourth-order valence-electron chi connectivity index (χ4n) is 3.40. The van der Waals surface area contributed by atoms with E-state index in [1.165, 1.54) is 18.4 Å². The zero-order valence-corrected chi connectivity index (χ0v) is 11.4. The van der Waals surface area contributed by atoms with Gasteiger partial charge in [-0.15, -0.1) is 0 Å². The van der Waals surface area contributed by atoms with Gasteiger partial charge in [0.05, 0.1) is 6.10 Å². The highest BCUT2D eigenvalue weighted by Gasteiger charge is 2.28. The molecule has 0 spiro atoms. The largest absolute Gasteiger partial charge is 0.378 e. The third-order valence-corrected chi connectivity index (χ3v) is 4.47. The Morgan fingerprint density at radius 1 is 1.11 bits per heavy atom. The van der Waals surface area contributed by atoms with Crippen LogP contribution in [-0.2, 0) is 11.2 Å². The van der Waals surface area contributed by atoms with Crippen molar-refractivity contribution in [1.82, 2.24) is 0 Å². The van der Waals surface area contributed by atoms with Crippen LogP contribution in [0.4, 0.5) is 0 Å². The van der Waals surface area contributed by atoms with E-state index in [9.17, 15) is 4.79 Å². The van der Waals surface area contributed by atoms with Gasteiger partial charge in [-0.2, -0.15) is 0 Å². The summed E-state index contributed by atoms with van der Waals surface area (Å²) in [6, 6.07) is 8.12. The first-order chi connectivity index (χ1) is 9.34. The maximum atomic E-state index is 12.7. The highest BCUT2D eigenvalue weighted by Crippen LogP contribution is 2.30. The first-order valence-corrected chi connectivity index (χ1v) is 7.58. The van der Waals surface area contributed by atoms with Crippen LogP contribution in [0.3, 0.4) is 0 Å². The summed E-state index contributed by atoms with van der Waals surface area (Å²) >= 11 is 0. The normalized spacial score (nSPS) is 27.7. The van der Waals surface area contributed by atoms with Crippen LogP contribution < -0.4 is 0 Å². The molecular formula is C17H22O2. The number of benzene rings is 1. The van der Waals surface area contributed by atoms with E-state index in [1.807, 2.05) is 18.2 Å². The molecule has 2 unspecified atom stereocenters. The molecule has 1 saturated heterocycles. The Bertz CT molecular complexity index is 446. The van der Waals surface area contributed by atoms with E-state index < -0.39 is 0 Å².